The van der Waals surface area contributed by atoms with Crippen LogP contribution in [0, 0.1) is 23.0 Å². The van der Waals surface area contributed by atoms with Crippen LogP contribution in [0.25, 0.3) is 0 Å². The zero-order valence-corrected chi connectivity index (χ0v) is 21.6. The van der Waals surface area contributed by atoms with Gasteiger partial charge in [0.05, 0.1) is 0 Å². The molecule has 0 saturated carbocycles. The van der Waals surface area contributed by atoms with Crippen molar-refractivity contribution >= 4 is 0 Å². The third kappa shape index (κ3) is 3.54. The summed E-state index contributed by atoms with van der Waals surface area (Å²) in [6, 6.07) is 0. The fourth-order valence-electron chi connectivity index (χ4n) is 6.10. The van der Waals surface area contributed by atoms with Crippen LogP contribution in [0.15, 0.2) is 105 Å². The Morgan fingerprint density at radius 2 is 1.10 bits per heavy atom. The van der Waals surface area contributed by atoms with Gasteiger partial charge in [-0.1, -0.05) is 58.7 Å². The Balaban J connectivity index is 0.000000144. The van der Waals surface area contributed by atoms with Crippen molar-refractivity contribution in [3.05, 3.63) is 117 Å². The molecule has 2 unspecified atom stereocenters. The van der Waals surface area contributed by atoms with Gasteiger partial charge < -0.3 is 0 Å². The monoisotopic (exact) mass is 480 g/mol. The predicted molar refractivity (Wildman–Crippen MR) is 126 cm³/mol. The van der Waals surface area contributed by atoms with Crippen LogP contribution < -0.4 is 0 Å². The largest absolute Gasteiger partial charge is 2.00 e. The molecule has 31 heavy (non-hydrogen) atoms. The molecule has 0 nitrogen and oxygen atoms in total. The van der Waals surface area contributed by atoms with E-state index in [2.05, 4.69) is 101 Å². The van der Waals surface area contributed by atoms with E-state index in [1.807, 2.05) is 0 Å². The first-order valence-electron chi connectivity index (χ1n) is 11.2. The topological polar surface area (TPSA) is 0 Å². The van der Waals surface area contributed by atoms with Crippen LogP contribution in [-0.2, 0) is 26.2 Å². The van der Waals surface area contributed by atoms with E-state index < -0.39 is 0 Å². The van der Waals surface area contributed by atoms with Gasteiger partial charge in [0.1, 0.15) is 0 Å². The quantitative estimate of drug-likeness (QED) is 0.310. The molecule has 0 amide bonds. The second kappa shape index (κ2) is 8.33. The maximum absolute atomic E-state index is 3.53. The zero-order chi connectivity index (χ0) is 20.9. The van der Waals surface area contributed by atoms with Crippen molar-refractivity contribution in [2.75, 3.05) is 0 Å². The molecule has 2 atom stereocenters. The minimum absolute atomic E-state index is 0. The van der Waals surface area contributed by atoms with Crippen molar-refractivity contribution in [1.29, 1.82) is 0 Å². The van der Waals surface area contributed by atoms with Gasteiger partial charge in [0.2, 0.25) is 0 Å². The van der Waals surface area contributed by atoms with Gasteiger partial charge in [0.15, 0.2) is 0 Å². The van der Waals surface area contributed by atoms with Crippen LogP contribution in [0.2, 0.25) is 0 Å². The number of hydrogen-bond donors (Lipinski definition) is 0. The summed E-state index contributed by atoms with van der Waals surface area (Å²) >= 11 is 0. The van der Waals surface area contributed by atoms with E-state index in [1.165, 1.54) is 70.3 Å². The summed E-state index contributed by atoms with van der Waals surface area (Å²) in [6.45, 7) is 8.79. The summed E-state index contributed by atoms with van der Waals surface area (Å²) in [4.78, 5) is 0. The van der Waals surface area contributed by atoms with Crippen LogP contribution in [0.5, 0.6) is 0 Å². The van der Waals surface area contributed by atoms with Gasteiger partial charge in [-0.3, -0.25) is 12.2 Å². The Hall–Kier alpha value is -1.72. The fourth-order valence-corrected chi connectivity index (χ4v) is 6.10. The molecule has 0 radical (unpaired) electrons. The molecule has 0 fully saturated rings. The molecule has 0 bridgehead atoms. The molecule has 0 heterocycles. The first kappa shape index (κ1) is 22.5. The van der Waals surface area contributed by atoms with E-state index in [4.69, 9.17) is 0 Å². The van der Waals surface area contributed by atoms with Crippen LogP contribution in [0.3, 0.4) is 0 Å². The molecular weight excluding hydrogens is 452 g/mol. The van der Waals surface area contributed by atoms with Gasteiger partial charge in [-0.25, -0.2) is 24.3 Å². The minimum Gasteiger partial charge on any atom is -0.257 e. The molecule has 0 aliphatic heterocycles. The van der Waals surface area contributed by atoms with Crippen molar-refractivity contribution in [3.63, 3.8) is 0 Å². The van der Waals surface area contributed by atoms with Crippen LogP contribution >= 0.6 is 0 Å². The van der Waals surface area contributed by atoms with Crippen LogP contribution in [0.4, 0.5) is 0 Å². The predicted octanol–water partition coefficient (Wildman–Crippen LogP) is 7.79. The number of allylic oxidation sites excluding steroid dienone is 20. The van der Waals surface area contributed by atoms with Crippen molar-refractivity contribution in [1.82, 2.24) is 0 Å². The first-order chi connectivity index (χ1) is 14.4. The SMILES string of the molecule is CC1=CC23[C-]=CC=C2CCC=C3C(C)=C1.CC1=CC23[C-]=CC=C2CCC=C3C(C)=C1.[Zr+2]. The summed E-state index contributed by atoms with van der Waals surface area (Å²) in [5, 5.41) is 0. The van der Waals surface area contributed by atoms with Crippen LogP contribution in [0.1, 0.15) is 53.4 Å². The zero-order valence-electron chi connectivity index (χ0n) is 19.1. The standard InChI is InChI=1S/2C15H15.Zr/c2*1-11-9-12(2)14-7-3-5-13-6-4-8-15(13,14)10-11;/h2*4,6-7,9-10H,3,5H2,1-2H3;/q2*-1;+2. The summed E-state index contributed by atoms with van der Waals surface area (Å²) in [6.07, 6.45) is 34.5. The normalized spacial score (nSPS) is 31.4. The Morgan fingerprint density at radius 1 is 0.677 bits per heavy atom. The molecule has 0 aromatic carbocycles. The van der Waals surface area contributed by atoms with Gasteiger partial charge in [-0.15, -0.1) is 0 Å². The molecule has 0 saturated heterocycles. The van der Waals surface area contributed by atoms with Gasteiger partial charge in [-0.2, -0.15) is 11.1 Å². The Labute approximate surface area is 207 Å². The van der Waals surface area contributed by atoms with E-state index in [0.717, 1.165) is 0 Å². The van der Waals surface area contributed by atoms with Gasteiger partial charge in [0, 0.05) is 0 Å². The van der Waals surface area contributed by atoms with Crippen molar-refractivity contribution < 1.29 is 26.2 Å². The van der Waals surface area contributed by atoms with Crippen molar-refractivity contribution in [3.8, 4) is 0 Å². The van der Waals surface area contributed by atoms with Gasteiger partial charge in [0.25, 0.3) is 0 Å². The van der Waals surface area contributed by atoms with E-state index in [1.54, 1.807) is 0 Å². The average Bonchev–Trinajstić information content (AvgIpc) is 3.29. The molecule has 0 aromatic heterocycles. The molecule has 0 aromatic rings. The maximum Gasteiger partial charge on any atom is 2.00 e. The van der Waals surface area contributed by atoms with Crippen LogP contribution in [-0.4, -0.2) is 0 Å². The summed E-state index contributed by atoms with van der Waals surface area (Å²) in [7, 11) is 0. The number of hydrogen-bond acceptors (Lipinski definition) is 0. The molecule has 2 spiro atoms. The van der Waals surface area contributed by atoms with Gasteiger partial charge in [-0.05, 0) is 75.4 Å². The third-order valence-corrected chi connectivity index (χ3v) is 7.20. The molecular formula is C30H30Zr. The molecule has 1 heteroatoms. The maximum atomic E-state index is 3.53. The Kier molecular flexibility index (Phi) is 6.04. The molecule has 0 N–H and O–H groups in total. The fraction of sp³-hybridized carbons (Fsp3) is 0.333. The van der Waals surface area contributed by atoms with E-state index in [-0.39, 0.29) is 37.0 Å². The minimum atomic E-state index is 0. The van der Waals surface area contributed by atoms with Crippen molar-refractivity contribution in [2.24, 2.45) is 10.8 Å². The Morgan fingerprint density at radius 3 is 1.52 bits per heavy atom. The van der Waals surface area contributed by atoms with E-state index in [0.29, 0.717) is 0 Å². The molecule has 6 aliphatic carbocycles. The first-order valence-corrected chi connectivity index (χ1v) is 11.2. The molecule has 6 aliphatic rings. The summed E-state index contributed by atoms with van der Waals surface area (Å²) in [5.74, 6) is 0. The van der Waals surface area contributed by atoms with Crippen molar-refractivity contribution in [2.45, 2.75) is 53.4 Å². The number of rotatable bonds is 0. The van der Waals surface area contributed by atoms with E-state index >= 15 is 0 Å². The Bertz CT molecular complexity index is 1030. The smallest absolute Gasteiger partial charge is 0.257 e. The second-order valence-electron chi connectivity index (χ2n) is 9.37. The van der Waals surface area contributed by atoms with Gasteiger partial charge >= 0.3 is 26.2 Å². The average molecular weight is 482 g/mol. The summed E-state index contributed by atoms with van der Waals surface area (Å²) < 4.78 is 0. The molecule has 6 rings (SSSR count). The summed E-state index contributed by atoms with van der Waals surface area (Å²) in [5.41, 5.74) is 11.5. The third-order valence-electron chi connectivity index (χ3n) is 7.20. The molecule has 154 valence electrons. The second-order valence-corrected chi connectivity index (χ2v) is 9.37. The van der Waals surface area contributed by atoms with E-state index in [9.17, 15) is 0 Å².